The van der Waals surface area contributed by atoms with E-state index in [1.165, 1.54) is 17.7 Å². The van der Waals surface area contributed by atoms with Crippen molar-refractivity contribution in [1.82, 2.24) is 5.43 Å². The number of aryl methyl sites for hydroxylation is 1. The summed E-state index contributed by atoms with van der Waals surface area (Å²) in [5.41, 5.74) is 4.32. The molecule has 4 rings (SSSR count). The second-order valence-corrected chi connectivity index (χ2v) is 7.97. The van der Waals surface area contributed by atoms with Crippen LogP contribution in [0.3, 0.4) is 0 Å². The van der Waals surface area contributed by atoms with E-state index in [1.807, 2.05) is 18.2 Å². The summed E-state index contributed by atoms with van der Waals surface area (Å²) in [4.78, 5) is 25.1. The van der Waals surface area contributed by atoms with Crippen LogP contribution in [0.25, 0.3) is 11.0 Å². The molecule has 0 saturated heterocycles. The van der Waals surface area contributed by atoms with E-state index in [0.29, 0.717) is 23.6 Å². The quantitative estimate of drug-likeness (QED) is 0.0952. The van der Waals surface area contributed by atoms with Gasteiger partial charge >= 0.3 is 0 Å². The zero-order chi connectivity index (χ0) is 24.6. The van der Waals surface area contributed by atoms with Crippen LogP contribution in [0, 0.1) is 5.41 Å². The normalized spacial score (nSPS) is 10.7. The number of fused-ring (bicyclic) bond motifs is 1. The zero-order valence-electron chi connectivity index (χ0n) is 19.0. The molecule has 5 N–H and O–H groups in total. The van der Waals surface area contributed by atoms with Gasteiger partial charge in [-0.05, 0) is 67.3 Å². The lowest BCUT2D eigenvalue weighted by Gasteiger charge is -2.09. The Morgan fingerprint density at radius 1 is 0.971 bits per heavy atom. The Kier molecular flexibility index (Phi) is 7.54. The first-order chi connectivity index (χ1) is 17.0. The molecule has 0 fully saturated rings. The summed E-state index contributed by atoms with van der Waals surface area (Å²) in [5.74, 6) is 5.42. The number of carbonyl (C=O) groups is 1. The van der Waals surface area contributed by atoms with Crippen LogP contribution >= 0.6 is 0 Å². The molecule has 1 aromatic heterocycles. The molecule has 35 heavy (non-hydrogen) atoms. The van der Waals surface area contributed by atoms with Gasteiger partial charge in [0.05, 0.1) is 12.0 Å². The van der Waals surface area contributed by atoms with Crippen molar-refractivity contribution in [1.29, 1.82) is 5.41 Å². The van der Waals surface area contributed by atoms with Gasteiger partial charge in [-0.1, -0.05) is 30.3 Å². The van der Waals surface area contributed by atoms with Gasteiger partial charge in [0, 0.05) is 17.3 Å². The summed E-state index contributed by atoms with van der Waals surface area (Å²) < 4.78 is 11.3. The van der Waals surface area contributed by atoms with E-state index in [4.69, 9.17) is 20.4 Å². The highest BCUT2D eigenvalue weighted by atomic mass is 16.5. The first-order valence-electron chi connectivity index (χ1n) is 11.2. The molecule has 8 heteroatoms. The van der Waals surface area contributed by atoms with E-state index in [2.05, 4.69) is 22.9 Å². The van der Waals surface area contributed by atoms with E-state index in [1.54, 1.807) is 36.4 Å². The molecule has 0 saturated carbocycles. The standard InChI is InChI=1S/C27H26N4O4/c28-26(31-29)25-17-23(32)22-16-20(11-14-24(22)35-25)30-27(33)19-9-12-21(13-10-19)34-15-5-4-8-18-6-2-1-3-7-18/h1-3,6-7,9-14,16-17H,4-5,8,15,29H2,(H2,28,31)(H,30,33). The van der Waals surface area contributed by atoms with E-state index in [9.17, 15) is 9.59 Å². The van der Waals surface area contributed by atoms with Crippen LogP contribution in [0.2, 0.25) is 0 Å². The third-order valence-electron chi connectivity index (χ3n) is 5.46. The lowest BCUT2D eigenvalue weighted by atomic mass is 10.1. The van der Waals surface area contributed by atoms with E-state index < -0.39 is 0 Å². The summed E-state index contributed by atoms with van der Waals surface area (Å²) >= 11 is 0. The number of ether oxygens (including phenoxy) is 1. The molecule has 1 heterocycles. The Hall–Kier alpha value is -4.43. The summed E-state index contributed by atoms with van der Waals surface area (Å²) in [6, 6.07) is 23.2. The topological polar surface area (TPSA) is 130 Å². The molecule has 3 aromatic carbocycles. The lowest BCUT2D eigenvalue weighted by molar-refractivity contribution is 0.102. The molecular formula is C27H26N4O4. The molecule has 1 amide bonds. The molecule has 178 valence electrons. The molecular weight excluding hydrogens is 444 g/mol. The largest absolute Gasteiger partial charge is 0.494 e. The highest BCUT2D eigenvalue weighted by Gasteiger charge is 2.11. The van der Waals surface area contributed by atoms with Crippen molar-refractivity contribution in [3.63, 3.8) is 0 Å². The monoisotopic (exact) mass is 470 g/mol. The Bertz CT molecular complexity index is 1380. The zero-order valence-corrected chi connectivity index (χ0v) is 19.0. The van der Waals surface area contributed by atoms with Gasteiger partial charge in [0.1, 0.15) is 11.3 Å². The molecule has 0 radical (unpaired) electrons. The van der Waals surface area contributed by atoms with Crippen LogP contribution in [0.1, 0.15) is 34.5 Å². The van der Waals surface area contributed by atoms with Crippen molar-refractivity contribution in [2.24, 2.45) is 5.84 Å². The van der Waals surface area contributed by atoms with Crippen molar-refractivity contribution >= 4 is 28.4 Å². The average molecular weight is 471 g/mol. The number of nitrogens with one attached hydrogen (secondary N) is 3. The SMILES string of the molecule is N=C(NN)c1cc(=O)c2cc(NC(=O)c3ccc(OCCCCc4ccccc4)cc3)ccc2o1. The number of nitrogens with two attached hydrogens (primary N) is 1. The van der Waals surface area contributed by atoms with E-state index in [-0.39, 0.29) is 33.9 Å². The van der Waals surface area contributed by atoms with Crippen molar-refractivity contribution in [3.8, 4) is 5.75 Å². The van der Waals surface area contributed by atoms with E-state index >= 15 is 0 Å². The highest BCUT2D eigenvalue weighted by molar-refractivity contribution is 6.05. The molecule has 0 aliphatic carbocycles. The Morgan fingerprint density at radius 3 is 2.49 bits per heavy atom. The summed E-state index contributed by atoms with van der Waals surface area (Å²) in [6.45, 7) is 0.612. The minimum Gasteiger partial charge on any atom is -0.494 e. The fourth-order valence-corrected chi connectivity index (χ4v) is 3.60. The predicted molar refractivity (Wildman–Crippen MR) is 136 cm³/mol. The maximum absolute atomic E-state index is 12.7. The fraction of sp³-hybridized carbons (Fsp3) is 0.148. The summed E-state index contributed by atoms with van der Waals surface area (Å²) in [6.07, 6.45) is 3.01. The number of benzene rings is 3. The van der Waals surface area contributed by atoms with Crippen molar-refractivity contribution in [2.45, 2.75) is 19.3 Å². The lowest BCUT2D eigenvalue weighted by Crippen LogP contribution is -2.30. The number of hydrogen-bond donors (Lipinski definition) is 4. The van der Waals surface area contributed by atoms with Gasteiger partial charge in [-0.25, -0.2) is 5.84 Å². The van der Waals surface area contributed by atoms with Crippen LogP contribution < -0.4 is 26.8 Å². The molecule has 0 aliphatic heterocycles. The first-order valence-corrected chi connectivity index (χ1v) is 11.2. The van der Waals surface area contributed by atoms with Gasteiger partial charge in [-0.2, -0.15) is 0 Å². The summed E-state index contributed by atoms with van der Waals surface area (Å²) in [7, 11) is 0. The molecule has 0 atom stereocenters. The minimum atomic E-state index is -0.345. The van der Waals surface area contributed by atoms with Crippen LogP contribution in [-0.4, -0.2) is 18.3 Å². The Balaban J connectivity index is 1.32. The molecule has 4 aromatic rings. The number of unbranched alkanes of at least 4 members (excludes halogenated alkanes) is 1. The number of rotatable bonds is 9. The van der Waals surface area contributed by atoms with Crippen molar-refractivity contribution in [2.75, 3.05) is 11.9 Å². The van der Waals surface area contributed by atoms with Gasteiger partial charge in [-0.15, -0.1) is 0 Å². The minimum absolute atomic E-state index is 0.0280. The van der Waals surface area contributed by atoms with Crippen molar-refractivity contribution < 1.29 is 13.9 Å². The van der Waals surface area contributed by atoms with E-state index in [0.717, 1.165) is 19.3 Å². The van der Waals surface area contributed by atoms with Crippen LogP contribution in [0.15, 0.2) is 88.1 Å². The average Bonchev–Trinajstić information content (AvgIpc) is 2.89. The molecule has 0 spiro atoms. The predicted octanol–water partition coefficient (Wildman–Crippen LogP) is 4.24. The molecule has 8 nitrogen and oxygen atoms in total. The van der Waals surface area contributed by atoms with Gasteiger partial charge in [0.15, 0.2) is 17.0 Å². The van der Waals surface area contributed by atoms with Crippen molar-refractivity contribution in [3.05, 3.63) is 106 Å². The van der Waals surface area contributed by atoms with Crippen LogP contribution in [-0.2, 0) is 6.42 Å². The van der Waals surface area contributed by atoms with Gasteiger partial charge in [-0.3, -0.25) is 15.0 Å². The maximum atomic E-state index is 12.7. The third kappa shape index (κ3) is 6.13. The second kappa shape index (κ2) is 11.1. The fourth-order valence-electron chi connectivity index (χ4n) is 3.60. The van der Waals surface area contributed by atoms with Gasteiger partial charge in [0.25, 0.3) is 5.91 Å². The number of anilines is 1. The molecule has 0 bridgehead atoms. The summed E-state index contributed by atoms with van der Waals surface area (Å²) in [5, 5.41) is 10.7. The number of amidine groups is 1. The van der Waals surface area contributed by atoms with Gasteiger partial charge in [0.2, 0.25) is 0 Å². The van der Waals surface area contributed by atoms with Crippen LogP contribution in [0.5, 0.6) is 5.75 Å². The first kappa shape index (κ1) is 23.7. The number of carbonyl (C=O) groups excluding carboxylic acids is 1. The molecule has 0 aliphatic rings. The maximum Gasteiger partial charge on any atom is 0.255 e. The van der Waals surface area contributed by atoms with Crippen LogP contribution in [0.4, 0.5) is 5.69 Å². The Labute approximate surface area is 202 Å². The number of hydrogen-bond acceptors (Lipinski definition) is 6. The van der Waals surface area contributed by atoms with Gasteiger partial charge < -0.3 is 19.9 Å². The smallest absolute Gasteiger partial charge is 0.255 e. The molecule has 0 unspecified atom stereocenters. The highest BCUT2D eigenvalue weighted by Crippen LogP contribution is 2.19. The second-order valence-electron chi connectivity index (χ2n) is 7.97. The Morgan fingerprint density at radius 2 is 1.74 bits per heavy atom. The third-order valence-corrected chi connectivity index (χ3v) is 5.46. The number of hydrazine groups is 1. The number of amides is 1.